The first-order valence-corrected chi connectivity index (χ1v) is 7.30. The van der Waals surface area contributed by atoms with Crippen molar-refractivity contribution >= 4 is 0 Å². The molecule has 4 nitrogen and oxygen atoms in total. The van der Waals surface area contributed by atoms with Gasteiger partial charge in [0.1, 0.15) is 5.76 Å². The van der Waals surface area contributed by atoms with Gasteiger partial charge in [-0.25, -0.2) is 0 Å². The van der Waals surface area contributed by atoms with Crippen LogP contribution in [0.25, 0.3) is 0 Å². The number of likely N-dealkylation sites (tertiary alicyclic amines) is 1. The van der Waals surface area contributed by atoms with Crippen LogP contribution in [0, 0.1) is 0 Å². The maximum absolute atomic E-state index is 6.06. The smallest absolute Gasteiger partial charge is 0.117 e. The quantitative estimate of drug-likeness (QED) is 0.837. The van der Waals surface area contributed by atoms with Crippen molar-refractivity contribution in [3.8, 4) is 0 Å². The third-order valence-corrected chi connectivity index (χ3v) is 4.30. The molecular weight excluding hydrogens is 242 g/mol. The third-order valence-electron chi connectivity index (χ3n) is 4.30. The molecule has 0 unspecified atom stereocenters. The molecule has 1 aromatic rings. The van der Waals surface area contributed by atoms with E-state index in [0.29, 0.717) is 6.10 Å². The van der Waals surface area contributed by atoms with Crippen LogP contribution in [0.1, 0.15) is 31.9 Å². The fourth-order valence-corrected chi connectivity index (χ4v) is 3.24. The fraction of sp³-hybridized carbons (Fsp3) is 0.733. The summed E-state index contributed by atoms with van der Waals surface area (Å²) < 4.78 is 17.2. The minimum atomic E-state index is 0.0828. The Balaban J connectivity index is 1.49. The van der Waals surface area contributed by atoms with Crippen molar-refractivity contribution in [3.63, 3.8) is 0 Å². The van der Waals surface area contributed by atoms with Gasteiger partial charge in [-0.15, -0.1) is 0 Å². The zero-order valence-corrected chi connectivity index (χ0v) is 11.6. The maximum atomic E-state index is 6.06. The van der Waals surface area contributed by atoms with Gasteiger partial charge in [0, 0.05) is 26.1 Å². The highest BCUT2D eigenvalue weighted by Crippen LogP contribution is 2.37. The molecule has 3 rings (SSSR count). The summed E-state index contributed by atoms with van der Waals surface area (Å²) in [7, 11) is 0. The van der Waals surface area contributed by atoms with Gasteiger partial charge in [-0.1, -0.05) is 0 Å². The van der Waals surface area contributed by atoms with Crippen LogP contribution in [0.2, 0.25) is 0 Å². The molecule has 0 N–H and O–H groups in total. The first-order chi connectivity index (χ1) is 9.30. The van der Waals surface area contributed by atoms with Crippen LogP contribution in [-0.4, -0.2) is 42.9 Å². The molecule has 19 heavy (non-hydrogen) atoms. The molecule has 106 valence electrons. The lowest BCUT2D eigenvalue weighted by molar-refractivity contribution is -0.0472. The van der Waals surface area contributed by atoms with Gasteiger partial charge in [0.15, 0.2) is 0 Å². The molecule has 0 amide bonds. The average Bonchev–Trinajstić information content (AvgIpc) is 3.04. The summed E-state index contributed by atoms with van der Waals surface area (Å²) in [4.78, 5) is 2.45. The summed E-state index contributed by atoms with van der Waals surface area (Å²) in [6, 6.07) is 4.00. The predicted molar refractivity (Wildman–Crippen MR) is 71.9 cm³/mol. The molecule has 4 heteroatoms. The van der Waals surface area contributed by atoms with Crippen molar-refractivity contribution in [2.24, 2.45) is 0 Å². The third kappa shape index (κ3) is 3.02. The van der Waals surface area contributed by atoms with Gasteiger partial charge in [-0.3, -0.25) is 4.90 Å². The fourth-order valence-electron chi connectivity index (χ4n) is 3.24. The Kier molecular flexibility index (Phi) is 3.91. The molecule has 2 fully saturated rings. The number of hydrogen-bond acceptors (Lipinski definition) is 4. The Morgan fingerprint density at radius 3 is 2.95 bits per heavy atom. The topological polar surface area (TPSA) is 34.8 Å². The van der Waals surface area contributed by atoms with Gasteiger partial charge in [0.25, 0.3) is 0 Å². The minimum absolute atomic E-state index is 0.0828. The molecule has 1 aromatic heterocycles. The number of piperidine rings is 1. The number of ether oxygens (including phenoxy) is 2. The summed E-state index contributed by atoms with van der Waals surface area (Å²) in [6.45, 7) is 6.69. The van der Waals surface area contributed by atoms with E-state index in [9.17, 15) is 0 Å². The van der Waals surface area contributed by atoms with E-state index in [0.717, 1.165) is 57.9 Å². The van der Waals surface area contributed by atoms with Crippen LogP contribution in [0.5, 0.6) is 0 Å². The summed E-state index contributed by atoms with van der Waals surface area (Å²) in [5, 5.41) is 0. The van der Waals surface area contributed by atoms with Crippen molar-refractivity contribution in [1.82, 2.24) is 4.90 Å². The molecule has 0 bridgehead atoms. The van der Waals surface area contributed by atoms with E-state index >= 15 is 0 Å². The van der Waals surface area contributed by atoms with Gasteiger partial charge in [0.2, 0.25) is 0 Å². The molecule has 2 saturated heterocycles. The molecule has 1 atom stereocenters. The Morgan fingerprint density at radius 2 is 2.26 bits per heavy atom. The van der Waals surface area contributed by atoms with Crippen molar-refractivity contribution in [2.45, 2.75) is 44.4 Å². The molecule has 0 aromatic carbocycles. The number of furan rings is 1. The van der Waals surface area contributed by atoms with Crippen molar-refractivity contribution in [2.75, 3.05) is 26.3 Å². The molecule has 1 spiro atoms. The standard InChI is InChI=1S/C15H23NO3/c1-2-17-14-10-15(19-12-14)5-7-16(8-6-15)11-13-4-3-9-18-13/h3-4,9,14H,2,5-8,10-12H2,1H3/t14-/m1/s1. The van der Waals surface area contributed by atoms with E-state index in [1.54, 1.807) is 6.26 Å². The van der Waals surface area contributed by atoms with Crippen LogP contribution in [0.4, 0.5) is 0 Å². The highest BCUT2D eigenvalue weighted by atomic mass is 16.6. The summed E-state index contributed by atoms with van der Waals surface area (Å²) in [6.07, 6.45) is 5.33. The lowest BCUT2D eigenvalue weighted by Gasteiger charge is -2.38. The lowest BCUT2D eigenvalue weighted by Crippen LogP contribution is -2.43. The van der Waals surface area contributed by atoms with E-state index in [1.807, 2.05) is 12.1 Å². The van der Waals surface area contributed by atoms with Gasteiger partial charge >= 0.3 is 0 Å². The summed E-state index contributed by atoms with van der Waals surface area (Å²) in [5.41, 5.74) is 0.0828. The van der Waals surface area contributed by atoms with E-state index in [2.05, 4.69) is 11.8 Å². The number of hydrogen-bond donors (Lipinski definition) is 0. The monoisotopic (exact) mass is 265 g/mol. The van der Waals surface area contributed by atoms with Crippen LogP contribution in [0.3, 0.4) is 0 Å². The van der Waals surface area contributed by atoms with E-state index < -0.39 is 0 Å². The largest absolute Gasteiger partial charge is 0.468 e. The van der Waals surface area contributed by atoms with E-state index in [4.69, 9.17) is 13.9 Å². The normalized spacial score (nSPS) is 27.1. The van der Waals surface area contributed by atoms with Gasteiger partial charge in [-0.2, -0.15) is 0 Å². The Bertz CT molecular complexity index is 382. The Labute approximate surface area is 114 Å². The molecule has 0 aliphatic carbocycles. The summed E-state index contributed by atoms with van der Waals surface area (Å²) in [5.74, 6) is 1.05. The van der Waals surface area contributed by atoms with Crippen molar-refractivity contribution in [3.05, 3.63) is 24.2 Å². The highest BCUT2D eigenvalue weighted by Gasteiger charge is 2.42. The minimum Gasteiger partial charge on any atom is -0.468 e. The maximum Gasteiger partial charge on any atom is 0.117 e. The van der Waals surface area contributed by atoms with Crippen LogP contribution >= 0.6 is 0 Å². The Hall–Kier alpha value is -0.840. The lowest BCUT2D eigenvalue weighted by atomic mass is 9.88. The number of nitrogens with zero attached hydrogens (tertiary/aromatic N) is 1. The van der Waals surface area contributed by atoms with E-state index in [1.165, 1.54) is 0 Å². The Morgan fingerprint density at radius 1 is 1.42 bits per heavy atom. The SMILES string of the molecule is CCO[C@H]1COC2(CCN(Cc3ccco3)CC2)C1. The van der Waals surface area contributed by atoms with Crippen LogP contribution in [-0.2, 0) is 16.0 Å². The first-order valence-electron chi connectivity index (χ1n) is 7.30. The summed E-state index contributed by atoms with van der Waals surface area (Å²) >= 11 is 0. The second-order valence-electron chi connectivity index (χ2n) is 5.63. The van der Waals surface area contributed by atoms with E-state index in [-0.39, 0.29) is 5.60 Å². The van der Waals surface area contributed by atoms with Gasteiger partial charge in [0.05, 0.1) is 31.1 Å². The second kappa shape index (κ2) is 5.65. The molecule has 3 heterocycles. The molecular formula is C15H23NO3. The van der Waals surface area contributed by atoms with Crippen molar-refractivity contribution in [1.29, 1.82) is 0 Å². The van der Waals surface area contributed by atoms with Gasteiger partial charge in [-0.05, 0) is 31.9 Å². The van der Waals surface area contributed by atoms with Crippen LogP contribution in [0.15, 0.2) is 22.8 Å². The first kappa shape index (κ1) is 13.2. The van der Waals surface area contributed by atoms with Crippen molar-refractivity contribution < 1.29 is 13.9 Å². The zero-order chi connectivity index (χ0) is 13.1. The van der Waals surface area contributed by atoms with Crippen LogP contribution < -0.4 is 0 Å². The zero-order valence-electron chi connectivity index (χ0n) is 11.6. The molecule has 0 saturated carbocycles. The predicted octanol–water partition coefficient (Wildman–Crippen LogP) is 2.44. The highest BCUT2D eigenvalue weighted by molar-refractivity contribution is 5.00. The average molecular weight is 265 g/mol. The van der Waals surface area contributed by atoms with Gasteiger partial charge < -0.3 is 13.9 Å². The molecule has 2 aliphatic heterocycles. The molecule has 0 radical (unpaired) electrons. The molecule has 2 aliphatic rings. The second-order valence-corrected chi connectivity index (χ2v) is 5.63. The number of rotatable bonds is 4.